The van der Waals surface area contributed by atoms with Crippen molar-refractivity contribution in [3.8, 4) is 0 Å². The van der Waals surface area contributed by atoms with Gasteiger partial charge in [0.15, 0.2) is 0 Å². The molecule has 1 aromatic carbocycles. The van der Waals surface area contributed by atoms with E-state index >= 15 is 0 Å². The molecule has 1 aliphatic rings. The summed E-state index contributed by atoms with van der Waals surface area (Å²) in [7, 11) is 0.988. The van der Waals surface area contributed by atoms with Gasteiger partial charge in [0.25, 0.3) is 0 Å². The predicted molar refractivity (Wildman–Crippen MR) is 127 cm³/mol. The molecule has 2 rings (SSSR count). The Bertz CT molecular complexity index is 780. The summed E-state index contributed by atoms with van der Waals surface area (Å²) in [5.41, 5.74) is 1.14. The van der Waals surface area contributed by atoms with E-state index in [2.05, 4.69) is 99.9 Å². The summed E-state index contributed by atoms with van der Waals surface area (Å²) >= 11 is 0. The highest BCUT2D eigenvalue weighted by Crippen LogP contribution is 2.33. The van der Waals surface area contributed by atoms with Crippen molar-refractivity contribution in [2.45, 2.75) is 65.4 Å². The van der Waals surface area contributed by atoms with Gasteiger partial charge in [-0.3, -0.25) is 4.90 Å². The van der Waals surface area contributed by atoms with Gasteiger partial charge in [-0.15, -0.1) is 6.58 Å². The Morgan fingerprint density at radius 1 is 1.32 bits per heavy atom. The van der Waals surface area contributed by atoms with Gasteiger partial charge in [0.1, 0.15) is 0 Å². The third-order valence-electron chi connectivity index (χ3n) is 6.38. The van der Waals surface area contributed by atoms with Crippen LogP contribution in [-0.2, 0) is 0 Å². The van der Waals surface area contributed by atoms with Crippen LogP contribution in [0.3, 0.4) is 0 Å². The highest BCUT2D eigenvalue weighted by molar-refractivity contribution is 6.30. The maximum absolute atomic E-state index is 4.27. The molecule has 3 atom stereocenters. The van der Waals surface area contributed by atoms with Crippen LogP contribution >= 0.6 is 0 Å². The molecule has 3 heteroatoms. The minimum absolute atomic E-state index is 0.0597. The second-order valence-corrected chi connectivity index (χ2v) is 8.58. The predicted octanol–water partition coefficient (Wildman–Crippen LogP) is 3.94. The van der Waals surface area contributed by atoms with Crippen LogP contribution in [-0.4, -0.2) is 41.8 Å². The lowest BCUT2D eigenvalue weighted by Gasteiger charge is -2.39. The summed E-state index contributed by atoms with van der Waals surface area (Å²) in [5.74, 6) is 0.777. The molecule has 1 saturated heterocycles. The largest absolute Gasteiger partial charge is 0.419 e. The van der Waals surface area contributed by atoms with E-state index in [4.69, 9.17) is 0 Å². The standard InChI is InChI=1S/C25H39BN2/c1-8-25(6,27-19-20(3)17-21(27)4)16-12-15-23-13-10-11-14-24(23)18-22(5)28(9-2)26-7/h8,10-11,13-15,18,20-21,26H,1,5,9,12,16-17,19H2,2-4,6-7H3/b23-15-,24-18-/t20?,21-,25?/m1/s1. The van der Waals surface area contributed by atoms with Crippen LogP contribution in [0.1, 0.15) is 47.0 Å². The fourth-order valence-electron chi connectivity index (χ4n) is 4.62. The first kappa shape index (κ1) is 22.6. The molecule has 152 valence electrons. The molecule has 0 N–H and O–H groups in total. The van der Waals surface area contributed by atoms with E-state index in [1.807, 2.05) is 0 Å². The van der Waals surface area contributed by atoms with E-state index in [0.717, 1.165) is 38.4 Å². The highest BCUT2D eigenvalue weighted by atomic mass is 15.2. The van der Waals surface area contributed by atoms with E-state index in [1.165, 1.54) is 23.4 Å². The zero-order chi connectivity index (χ0) is 20.7. The van der Waals surface area contributed by atoms with Gasteiger partial charge in [0.05, 0.1) is 0 Å². The van der Waals surface area contributed by atoms with Crippen LogP contribution in [0.2, 0.25) is 6.82 Å². The third kappa shape index (κ3) is 5.41. The van der Waals surface area contributed by atoms with Crippen LogP contribution < -0.4 is 10.4 Å². The molecule has 0 saturated carbocycles. The quantitative estimate of drug-likeness (QED) is 0.474. The second-order valence-electron chi connectivity index (χ2n) is 8.58. The Hall–Kier alpha value is -1.74. The van der Waals surface area contributed by atoms with Crippen molar-refractivity contribution in [3.63, 3.8) is 0 Å². The van der Waals surface area contributed by atoms with E-state index in [9.17, 15) is 0 Å². The topological polar surface area (TPSA) is 6.48 Å². The molecule has 28 heavy (non-hydrogen) atoms. The fraction of sp³-hybridized carbons (Fsp3) is 0.520. The first-order valence-corrected chi connectivity index (χ1v) is 11.0. The third-order valence-corrected chi connectivity index (χ3v) is 6.38. The number of hydrogen-bond donors (Lipinski definition) is 0. The molecule has 2 unspecified atom stereocenters. The average molecular weight is 378 g/mol. The Balaban J connectivity index is 2.20. The molecule has 1 aliphatic heterocycles. The van der Waals surface area contributed by atoms with Crippen molar-refractivity contribution in [1.82, 2.24) is 9.71 Å². The summed E-state index contributed by atoms with van der Waals surface area (Å²) in [5, 5.41) is 2.55. The molecule has 0 aliphatic carbocycles. The Morgan fingerprint density at radius 3 is 2.54 bits per heavy atom. The molecule has 1 heterocycles. The number of likely N-dealkylation sites (tertiary alicyclic amines) is 1. The Kier molecular flexibility index (Phi) is 8.18. The minimum Gasteiger partial charge on any atom is -0.419 e. The van der Waals surface area contributed by atoms with Crippen molar-refractivity contribution in [2.75, 3.05) is 13.1 Å². The monoisotopic (exact) mass is 378 g/mol. The maximum atomic E-state index is 4.27. The van der Waals surface area contributed by atoms with Gasteiger partial charge in [0, 0.05) is 30.4 Å². The van der Waals surface area contributed by atoms with Gasteiger partial charge in [-0.25, -0.2) is 0 Å². The molecule has 2 nitrogen and oxygen atoms in total. The fourth-order valence-corrected chi connectivity index (χ4v) is 4.62. The molecular formula is C25H39BN2. The first-order valence-electron chi connectivity index (χ1n) is 11.0. The summed E-state index contributed by atoms with van der Waals surface area (Å²) in [6, 6.07) is 9.28. The van der Waals surface area contributed by atoms with Gasteiger partial charge in [-0.2, -0.15) is 0 Å². The zero-order valence-electron chi connectivity index (χ0n) is 18.7. The van der Waals surface area contributed by atoms with Crippen molar-refractivity contribution < 1.29 is 0 Å². The summed E-state index contributed by atoms with van der Waals surface area (Å²) < 4.78 is 0. The van der Waals surface area contributed by atoms with Crippen LogP contribution in [0.25, 0.3) is 12.2 Å². The Labute approximate surface area is 173 Å². The van der Waals surface area contributed by atoms with Crippen LogP contribution in [0, 0.1) is 5.92 Å². The van der Waals surface area contributed by atoms with E-state index in [-0.39, 0.29) is 5.54 Å². The van der Waals surface area contributed by atoms with Gasteiger partial charge in [0.2, 0.25) is 7.41 Å². The second kappa shape index (κ2) is 10.2. The van der Waals surface area contributed by atoms with Gasteiger partial charge >= 0.3 is 0 Å². The molecule has 0 aromatic heterocycles. The van der Waals surface area contributed by atoms with Crippen molar-refractivity contribution in [2.24, 2.45) is 5.92 Å². The van der Waals surface area contributed by atoms with Crippen LogP contribution in [0.15, 0.2) is 49.2 Å². The first-order chi connectivity index (χ1) is 13.3. The summed E-state index contributed by atoms with van der Waals surface area (Å²) in [6.07, 6.45) is 10.2. The van der Waals surface area contributed by atoms with Crippen LogP contribution in [0.5, 0.6) is 0 Å². The number of benzene rings is 1. The Morgan fingerprint density at radius 2 is 2.00 bits per heavy atom. The van der Waals surface area contributed by atoms with Crippen molar-refractivity contribution in [1.29, 1.82) is 0 Å². The number of nitrogens with zero attached hydrogens (tertiary/aromatic N) is 2. The van der Waals surface area contributed by atoms with E-state index in [1.54, 1.807) is 0 Å². The molecule has 0 radical (unpaired) electrons. The molecule has 0 spiro atoms. The number of hydrogen-bond acceptors (Lipinski definition) is 2. The molecular weight excluding hydrogens is 339 g/mol. The van der Waals surface area contributed by atoms with Crippen molar-refractivity contribution >= 4 is 19.6 Å². The molecule has 0 bridgehead atoms. The molecule has 1 aromatic rings. The SMILES string of the molecule is C=CC(C)(CC/C=c1/cccc/c1=C/C(=C)N(BC)CC)N1CC(C)C[C@H]1C. The normalized spacial score (nSPS) is 23.5. The zero-order valence-corrected chi connectivity index (χ0v) is 18.7. The lowest BCUT2D eigenvalue weighted by atomic mass is 9.92. The molecule has 1 fully saturated rings. The smallest absolute Gasteiger partial charge is 0.232 e. The number of allylic oxidation sites excluding steroid dienone is 1. The summed E-state index contributed by atoms with van der Waals surface area (Å²) in [4.78, 5) is 4.94. The van der Waals surface area contributed by atoms with Gasteiger partial charge in [-0.05, 0) is 62.5 Å². The van der Waals surface area contributed by atoms with Crippen LogP contribution in [0.4, 0.5) is 0 Å². The average Bonchev–Trinajstić information content (AvgIpc) is 3.02. The lowest BCUT2D eigenvalue weighted by molar-refractivity contribution is 0.129. The minimum atomic E-state index is 0.0597. The maximum Gasteiger partial charge on any atom is 0.232 e. The summed E-state index contributed by atoms with van der Waals surface area (Å²) in [6.45, 7) is 22.0. The van der Waals surface area contributed by atoms with Crippen molar-refractivity contribution in [3.05, 3.63) is 59.6 Å². The lowest BCUT2D eigenvalue weighted by Crippen LogP contribution is -2.46. The number of rotatable bonds is 9. The van der Waals surface area contributed by atoms with E-state index in [0.29, 0.717) is 6.04 Å². The van der Waals surface area contributed by atoms with Gasteiger partial charge in [-0.1, -0.05) is 56.7 Å². The van der Waals surface area contributed by atoms with Gasteiger partial charge < -0.3 is 4.81 Å². The highest BCUT2D eigenvalue weighted by Gasteiger charge is 2.37. The molecule has 0 amide bonds. The van der Waals surface area contributed by atoms with E-state index < -0.39 is 0 Å².